The van der Waals surface area contributed by atoms with Gasteiger partial charge in [-0.3, -0.25) is 14.5 Å². The Labute approximate surface area is 250 Å². The molecular formula is C32H39N3O8. The number of ether oxygens (including phenoxy) is 2. The van der Waals surface area contributed by atoms with Crippen molar-refractivity contribution in [3.8, 4) is 22.8 Å². The third kappa shape index (κ3) is 6.72. The summed E-state index contributed by atoms with van der Waals surface area (Å²) in [5.74, 6) is -1.70. The molecule has 1 aliphatic rings. The molecule has 0 aliphatic carbocycles. The number of rotatable bonds is 10. The Balaban J connectivity index is 1.52. The monoisotopic (exact) mass is 593 g/mol. The van der Waals surface area contributed by atoms with Crippen molar-refractivity contribution < 1.29 is 38.6 Å². The SMILES string of the molecule is CC(C)Cc1ccc(-c2nc(-c3ccc(CN4CCC(C(=O)O)(C(=O)O)C(OC(=O)OC(C)C)C4(C)C)cc3)no2)cc1. The lowest BCUT2D eigenvalue weighted by Crippen LogP contribution is -2.69. The number of carbonyl (C=O) groups is 3. The van der Waals surface area contributed by atoms with Crippen LogP contribution >= 0.6 is 0 Å². The Morgan fingerprint density at radius 1 is 0.953 bits per heavy atom. The van der Waals surface area contributed by atoms with Crippen LogP contribution in [-0.4, -0.2) is 67.6 Å². The van der Waals surface area contributed by atoms with Crippen LogP contribution in [0.15, 0.2) is 53.1 Å². The van der Waals surface area contributed by atoms with Gasteiger partial charge in [-0.1, -0.05) is 55.4 Å². The molecule has 0 saturated carbocycles. The van der Waals surface area contributed by atoms with E-state index in [4.69, 9.17) is 14.0 Å². The summed E-state index contributed by atoms with van der Waals surface area (Å²) < 4.78 is 16.1. The fourth-order valence-electron chi connectivity index (χ4n) is 5.57. The molecule has 0 bridgehead atoms. The highest BCUT2D eigenvalue weighted by Gasteiger charge is 2.64. The molecule has 1 aromatic heterocycles. The third-order valence-electron chi connectivity index (χ3n) is 7.85. The van der Waals surface area contributed by atoms with Gasteiger partial charge >= 0.3 is 18.1 Å². The number of likely N-dealkylation sites (tertiary alicyclic amines) is 1. The van der Waals surface area contributed by atoms with Crippen LogP contribution in [0.25, 0.3) is 22.8 Å². The summed E-state index contributed by atoms with van der Waals surface area (Å²) in [6, 6.07) is 15.6. The summed E-state index contributed by atoms with van der Waals surface area (Å²) in [5, 5.41) is 24.2. The lowest BCUT2D eigenvalue weighted by atomic mass is 9.67. The summed E-state index contributed by atoms with van der Waals surface area (Å²) in [5.41, 5.74) is 0.213. The van der Waals surface area contributed by atoms with E-state index in [9.17, 15) is 24.6 Å². The van der Waals surface area contributed by atoms with Crippen molar-refractivity contribution in [1.82, 2.24) is 15.0 Å². The van der Waals surface area contributed by atoms with E-state index in [1.54, 1.807) is 27.7 Å². The zero-order valence-electron chi connectivity index (χ0n) is 25.4. The highest BCUT2D eigenvalue weighted by molar-refractivity contribution is 5.99. The first kappa shape index (κ1) is 31.7. The average molecular weight is 594 g/mol. The second-order valence-corrected chi connectivity index (χ2v) is 12.2. The van der Waals surface area contributed by atoms with Crippen molar-refractivity contribution in [2.45, 2.75) is 78.7 Å². The van der Waals surface area contributed by atoms with Crippen LogP contribution in [0.2, 0.25) is 0 Å². The fourth-order valence-corrected chi connectivity index (χ4v) is 5.57. The minimum absolute atomic E-state index is 0.149. The number of piperidine rings is 1. The van der Waals surface area contributed by atoms with Crippen LogP contribution in [-0.2, 0) is 32.0 Å². The van der Waals surface area contributed by atoms with E-state index in [0.717, 1.165) is 23.1 Å². The first-order valence-electron chi connectivity index (χ1n) is 14.4. The molecule has 230 valence electrons. The molecule has 1 saturated heterocycles. The molecule has 2 N–H and O–H groups in total. The smallest absolute Gasteiger partial charge is 0.480 e. The molecule has 1 aliphatic heterocycles. The van der Waals surface area contributed by atoms with Gasteiger partial charge in [0, 0.05) is 24.2 Å². The van der Waals surface area contributed by atoms with E-state index in [1.807, 2.05) is 41.3 Å². The van der Waals surface area contributed by atoms with Crippen molar-refractivity contribution >= 4 is 18.1 Å². The minimum atomic E-state index is -2.33. The van der Waals surface area contributed by atoms with Gasteiger partial charge < -0.3 is 24.2 Å². The number of aliphatic carboxylic acids is 2. The van der Waals surface area contributed by atoms with E-state index >= 15 is 0 Å². The molecule has 0 spiro atoms. The summed E-state index contributed by atoms with van der Waals surface area (Å²) in [7, 11) is 0. The molecule has 11 heteroatoms. The van der Waals surface area contributed by atoms with Gasteiger partial charge in [0.2, 0.25) is 11.2 Å². The summed E-state index contributed by atoms with van der Waals surface area (Å²) in [6.45, 7) is 11.4. The highest BCUT2D eigenvalue weighted by Crippen LogP contribution is 2.44. The van der Waals surface area contributed by atoms with Crippen molar-refractivity contribution in [1.29, 1.82) is 0 Å². The van der Waals surface area contributed by atoms with Crippen LogP contribution in [0.4, 0.5) is 4.79 Å². The molecule has 4 rings (SSSR count). The Morgan fingerprint density at radius 3 is 2.09 bits per heavy atom. The summed E-state index contributed by atoms with van der Waals surface area (Å²) in [6.07, 6.45) is -2.43. The Morgan fingerprint density at radius 2 is 1.53 bits per heavy atom. The standard InChI is InChI=1S/C32H39N3O8/c1-19(2)17-21-7-13-24(14-8-21)26-33-25(34-43-26)23-11-9-22(10-12-23)18-35-16-15-32(28(36)37,29(38)39)27(31(35,5)6)42-30(40)41-20(3)4/h7-14,19-20,27H,15-18H2,1-6H3,(H,36,37)(H,38,39). The van der Waals surface area contributed by atoms with Gasteiger partial charge in [-0.05, 0) is 69.7 Å². The number of carbonyl (C=O) groups excluding carboxylic acids is 1. The number of carboxylic acids is 2. The van der Waals surface area contributed by atoms with Gasteiger partial charge in [0.1, 0.15) is 0 Å². The van der Waals surface area contributed by atoms with E-state index in [-0.39, 0.29) is 13.0 Å². The molecular weight excluding hydrogens is 554 g/mol. The topological polar surface area (TPSA) is 152 Å². The van der Waals surface area contributed by atoms with Gasteiger partial charge in [0.15, 0.2) is 6.10 Å². The Kier molecular flexibility index (Phi) is 9.24. The van der Waals surface area contributed by atoms with Gasteiger partial charge in [-0.25, -0.2) is 4.79 Å². The van der Waals surface area contributed by atoms with E-state index < -0.39 is 41.3 Å². The van der Waals surface area contributed by atoms with Crippen LogP contribution < -0.4 is 0 Å². The van der Waals surface area contributed by atoms with Crippen LogP contribution in [0.5, 0.6) is 0 Å². The van der Waals surface area contributed by atoms with Gasteiger partial charge in [-0.2, -0.15) is 4.98 Å². The first-order chi connectivity index (χ1) is 20.2. The lowest BCUT2D eigenvalue weighted by Gasteiger charge is -2.52. The average Bonchev–Trinajstić information content (AvgIpc) is 3.41. The molecule has 2 aromatic carbocycles. The zero-order chi connectivity index (χ0) is 31.5. The predicted molar refractivity (Wildman–Crippen MR) is 157 cm³/mol. The number of benzene rings is 2. The number of nitrogens with zero attached hydrogens (tertiary/aromatic N) is 3. The van der Waals surface area contributed by atoms with Crippen molar-refractivity contribution in [2.75, 3.05) is 6.54 Å². The normalized spacial score (nSPS) is 18.0. The molecule has 43 heavy (non-hydrogen) atoms. The maximum absolute atomic E-state index is 12.5. The molecule has 0 radical (unpaired) electrons. The van der Waals surface area contributed by atoms with Gasteiger partial charge in [0.05, 0.1) is 11.6 Å². The first-order valence-corrected chi connectivity index (χ1v) is 14.4. The minimum Gasteiger partial charge on any atom is -0.480 e. The quantitative estimate of drug-likeness (QED) is 0.221. The molecule has 11 nitrogen and oxygen atoms in total. The summed E-state index contributed by atoms with van der Waals surface area (Å²) in [4.78, 5) is 43.6. The largest absolute Gasteiger partial charge is 0.508 e. The predicted octanol–water partition coefficient (Wildman–Crippen LogP) is 5.67. The second kappa shape index (κ2) is 12.5. The van der Waals surface area contributed by atoms with Gasteiger partial charge in [0.25, 0.3) is 5.89 Å². The number of hydrogen-bond donors (Lipinski definition) is 2. The van der Waals surface area contributed by atoms with Crippen LogP contribution in [0.3, 0.4) is 0 Å². The number of carboxylic acid groups (broad SMARTS) is 2. The van der Waals surface area contributed by atoms with Crippen molar-refractivity contribution in [3.05, 3.63) is 59.7 Å². The number of aromatic nitrogens is 2. The van der Waals surface area contributed by atoms with Crippen LogP contribution in [0.1, 0.15) is 59.1 Å². The molecule has 3 aromatic rings. The lowest BCUT2D eigenvalue weighted by molar-refractivity contribution is -0.196. The maximum atomic E-state index is 12.5. The third-order valence-corrected chi connectivity index (χ3v) is 7.85. The molecule has 2 heterocycles. The fraction of sp³-hybridized carbons (Fsp3) is 0.469. The maximum Gasteiger partial charge on any atom is 0.508 e. The molecule has 1 atom stereocenters. The van der Waals surface area contributed by atoms with E-state index in [2.05, 4.69) is 36.1 Å². The zero-order valence-corrected chi connectivity index (χ0v) is 25.4. The van der Waals surface area contributed by atoms with E-state index in [1.165, 1.54) is 5.56 Å². The number of hydrogen-bond acceptors (Lipinski definition) is 9. The molecule has 1 unspecified atom stereocenters. The van der Waals surface area contributed by atoms with Gasteiger partial charge in [-0.15, -0.1) is 0 Å². The highest BCUT2D eigenvalue weighted by atomic mass is 16.7. The second-order valence-electron chi connectivity index (χ2n) is 12.2. The van der Waals surface area contributed by atoms with Crippen molar-refractivity contribution in [2.24, 2.45) is 11.3 Å². The Bertz CT molecular complexity index is 1430. The van der Waals surface area contributed by atoms with E-state index in [0.29, 0.717) is 24.2 Å². The molecule has 1 fully saturated rings. The van der Waals surface area contributed by atoms with Crippen molar-refractivity contribution in [3.63, 3.8) is 0 Å². The molecule has 0 amide bonds. The van der Waals surface area contributed by atoms with Crippen LogP contribution in [0, 0.1) is 11.3 Å². The summed E-state index contributed by atoms with van der Waals surface area (Å²) >= 11 is 0. The Hall–Kier alpha value is -4.25.